The van der Waals surface area contributed by atoms with E-state index in [-0.39, 0.29) is 18.1 Å². The van der Waals surface area contributed by atoms with E-state index in [2.05, 4.69) is 44.9 Å². The molecule has 1 saturated heterocycles. The number of carbonyl (C=O) groups is 1. The van der Waals surface area contributed by atoms with Gasteiger partial charge in [0.05, 0.1) is 17.9 Å². The van der Waals surface area contributed by atoms with Crippen molar-refractivity contribution in [1.82, 2.24) is 30.2 Å². The summed E-state index contributed by atoms with van der Waals surface area (Å²) in [5, 5.41) is 11.8. The lowest BCUT2D eigenvalue weighted by Crippen LogP contribution is -2.45. The van der Waals surface area contributed by atoms with Crippen LogP contribution in [0.4, 0.5) is 4.79 Å². The molecule has 2 amide bonds. The molecular weight excluding hydrogens is 364 g/mol. The summed E-state index contributed by atoms with van der Waals surface area (Å²) >= 11 is 0. The van der Waals surface area contributed by atoms with Crippen LogP contribution in [0.1, 0.15) is 36.8 Å². The number of hydrogen-bond acceptors (Lipinski definition) is 4. The molecule has 0 unspecified atom stereocenters. The zero-order valence-electron chi connectivity index (χ0n) is 16.2. The molecule has 148 valence electrons. The Morgan fingerprint density at radius 2 is 1.79 bits per heavy atom. The number of carbonyl (C=O) groups excluding carboxylic acids is 1. The van der Waals surface area contributed by atoms with Crippen LogP contribution in [-0.4, -0.2) is 50.0 Å². The first kappa shape index (κ1) is 17.8. The van der Waals surface area contributed by atoms with Gasteiger partial charge >= 0.3 is 6.03 Å². The number of nitrogens with zero attached hydrogens (tertiary/aromatic N) is 5. The molecule has 3 heterocycles. The predicted octanol–water partition coefficient (Wildman–Crippen LogP) is 3.24. The summed E-state index contributed by atoms with van der Waals surface area (Å²) in [5.41, 5.74) is 2.92. The molecule has 2 fully saturated rings. The number of pyridine rings is 1. The Kier molecular flexibility index (Phi) is 4.71. The van der Waals surface area contributed by atoms with Crippen LogP contribution in [0.5, 0.6) is 0 Å². The number of rotatable bonds is 4. The number of piperidine rings is 1. The van der Waals surface area contributed by atoms with Gasteiger partial charge in [-0.15, -0.1) is 5.10 Å². The summed E-state index contributed by atoms with van der Waals surface area (Å²) in [7, 11) is 0. The monoisotopic (exact) mass is 388 g/mol. The molecular formula is C22H24N6O. The first-order valence-corrected chi connectivity index (χ1v) is 10.2. The van der Waals surface area contributed by atoms with Crippen LogP contribution in [0.15, 0.2) is 60.9 Å². The lowest BCUT2D eigenvalue weighted by Gasteiger charge is -2.31. The second-order valence-electron chi connectivity index (χ2n) is 7.83. The zero-order chi connectivity index (χ0) is 19.6. The Morgan fingerprint density at radius 3 is 2.55 bits per heavy atom. The van der Waals surface area contributed by atoms with Gasteiger partial charge < -0.3 is 10.2 Å². The second-order valence-corrected chi connectivity index (χ2v) is 7.83. The molecule has 2 aromatic heterocycles. The molecule has 3 aromatic rings. The summed E-state index contributed by atoms with van der Waals surface area (Å²) in [6.07, 6.45) is 6.50. The average Bonchev–Trinajstić information content (AvgIpc) is 3.37. The quantitative estimate of drug-likeness (QED) is 0.744. The van der Waals surface area contributed by atoms with Gasteiger partial charge in [0.2, 0.25) is 0 Å². The molecule has 1 aromatic carbocycles. The summed E-state index contributed by atoms with van der Waals surface area (Å²) < 4.78 is 1.92. The van der Waals surface area contributed by atoms with E-state index in [0.29, 0.717) is 5.92 Å². The summed E-state index contributed by atoms with van der Waals surface area (Å²) in [4.78, 5) is 18.9. The van der Waals surface area contributed by atoms with Crippen molar-refractivity contribution in [2.45, 2.75) is 37.3 Å². The van der Waals surface area contributed by atoms with Crippen molar-refractivity contribution in [2.75, 3.05) is 13.1 Å². The fourth-order valence-corrected chi connectivity index (χ4v) is 4.09. The Labute approximate surface area is 169 Å². The van der Waals surface area contributed by atoms with Crippen molar-refractivity contribution >= 4 is 6.03 Å². The van der Waals surface area contributed by atoms with E-state index in [1.54, 1.807) is 6.20 Å². The van der Waals surface area contributed by atoms with Crippen LogP contribution in [-0.2, 0) is 0 Å². The molecule has 29 heavy (non-hydrogen) atoms. The Morgan fingerprint density at radius 1 is 1.00 bits per heavy atom. The maximum absolute atomic E-state index is 12.6. The van der Waals surface area contributed by atoms with Crippen LogP contribution in [0.2, 0.25) is 0 Å². The molecule has 1 aliphatic carbocycles. The van der Waals surface area contributed by atoms with Gasteiger partial charge in [-0.2, -0.15) is 0 Å². The first-order valence-electron chi connectivity index (χ1n) is 10.2. The molecule has 0 spiro atoms. The Balaban J connectivity index is 1.13. The topological polar surface area (TPSA) is 75.9 Å². The van der Waals surface area contributed by atoms with Gasteiger partial charge in [0.25, 0.3) is 0 Å². The highest BCUT2D eigenvalue weighted by atomic mass is 16.2. The van der Waals surface area contributed by atoms with Crippen molar-refractivity contribution < 1.29 is 4.79 Å². The molecule has 2 aliphatic rings. The minimum atomic E-state index is 0.0552. The minimum Gasteiger partial charge on any atom is -0.335 e. The SMILES string of the molecule is O=C(N[C@H]1C[C@@H]1c1ccccc1)N1CCC(n2cc(-c3ccccn3)nn2)CC1. The van der Waals surface area contributed by atoms with Crippen molar-refractivity contribution in [1.29, 1.82) is 0 Å². The van der Waals surface area contributed by atoms with Crippen LogP contribution in [0.25, 0.3) is 11.4 Å². The van der Waals surface area contributed by atoms with Crippen molar-refractivity contribution in [3.63, 3.8) is 0 Å². The van der Waals surface area contributed by atoms with E-state index >= 15 is 0 Å². The molecule has 7 heteroatoms. The van der Waals surface area contributed by atoms with E-state index in [1.807, 2.05) is 40.0 Å². The van der Waals surface area contributed by atoms with Gasteiger partial charge in [-0.05, 0) is 37.0 Å². The normalized spacial score (nSPS) is 21.7. The third kappa shape index (κ3) is 3.85. The predicted molar refractivity (Wildman–Crippen MR) is 109 cm³/mol. The largest absolute Gasteiger partial charge is 0.335 e. The zero-order valence-corrected chi connectivity index (χ0v) is 16.2. The highest BCUT2D eigenvalue weighted by Crippen LogP contribution is 2.40. The number of likely N-dealkylation sites (tertiary alicyclic amines) is 1. The highest BCUT2D eigenvalue weighted by Gasteiger charge is 2.40. The smallest absolute Gasteiger partial charge is 0.317 e. The van der Waals surface area contributed by atoms with Crippen molar-refractivity contribution in [3.05, 3.63) is 66.5 Å². The van der Waals surface area contributed by atoms with Crippen LogP contribution in [0, 0.1) is 0 Å². The molecule has 1 aliphatic heterocycles. The van der Waals surface area contributed by atoms with E-state index in [0.717, 1.165) is 43.7 Å². The third-order valence-corrected chi connectivity index (χ3v) is 5.89. The summed E-state index contributed by atoms with van der Waals surface area (Å²) in [6.45, 7) is 1.47. The van der Waals surface area contributed by atoms with Gasteiger partial charge in [0, 0.05) is 31.2 Å². The van der Waals surface area contributed by atoms with Crippen molar-refractivity contribution in [3.8, 4) is 11.4 Å². The van der Waals surface area contributed by atoms with Gasteiger partial charge in [0.1, 0.15) is 5.69 Å². The summed E-state index contributed by atoms with van der Waals surface area (Å²) in [6, 6.07) is 16.8. The summed E-state index contributed by atoms with van der Waals surface area (Å²) in [5.74, 6) is 0.456. The van der Waals surface area contributed by atoms with Crippen LogP contribution in [0.3, 0.4) is 0 Å². The maximum Gasteiger partial charge on any atom is 0.317 e. The number of benzene rings is 1. The standard InChI is InChI=1S/C22H24N6O/c29-22(24-20-14-18(20)16-6-2-1-3-7-16)27-12-9-17(10-13-27)28-15-21(25-26-28)19-8-4-5-11-23-19/h1-8,11,15,17-18,20H,9-10,12-14H2,(H,24,29)/t18-,20+/m1/s1. The molecule has 0 bridgehead atoms. The van der Waals surface area contributed by atoms with Gasteiger partial charge in [-0.1, -0.05) is 41.6 Å². The Bertz CT molecular complexity index is 965. The second kappa shape index (κ2) is 7.66. The number of urea groups is 1. The molecule has 0 radical (unpaired) electrons. The van der Waals surface area contributed by atoms with E-state index < -0.39 is 0 Å². The maximum atomic E-state index is 12.6. The number of nitrogens with one attached hydrogen (secondary N) is 1. The average molecular weight is 388 g/mol. The fourth-order valence-electron chi connectivity index (χ4n) is 4.09. The third-order valence-electron chi connectivity index (χ3n) is 5.89. The van der Waals surface area contributed by atoms with Crippen LogP contribution >= 0.6 is 0 Å². The minimum absolute atomic E-state index is 0.0552. The highest BCUT2D eigenvalue weighted by molar-refractivity contribution is 5.75. The lowest BCUT2D eigenvalue weighted by molar-refractivity contribution is 0.167. The van der Waals surface area contributed by atoms with E-state index in [4.69, 9.17) is 0 Å². The molecule has 1 saturated carbocycles. The number of aromatic nitrogens is 4. The number of hydrogen-bond donors (Lipinski definition) is 1. The van der Waals surface area contributed by atoms with Gasteiger partial charge in [-0.3, -0.25) is 4.98 Å². The lowest BCUT2D eigenvalue weighted by atomic mass is 10.1. The molecule has 5 rings (SSSR count). The molecule has 2 atom stereocenters. The fraction of sp³-hybridized carbons (Fsp3) is 0.364. The molecule has 1 N–H and O–H groups in total. The first-order chi connectivity index (χ1) is 14.3. The van der Waals surface area contributed by atoms with Crippen LogP contribution < -0.4 is 5.32 Å². The van der Waals surface area contributed by atoms with E-state index in [9.17, 15) is 4.79 Å². The Hall–Kier alpha value is -3.22. The van der Waals surface area contributed by atoms with Crippen molar-refractivity contribution in [2.24, 2.45) is 0 Å². The molecule has 7 nitrogen and oxygen atoms in total. The number of amides is 2. The van der Waals surface area contributed by atoms with Gasteiger partial charge in [-0.25, -0.2) is 9.48 Å². The van der Waals surface area contributed by atoms with E-state index in [1.165, 1.54) is 5.56 Å². The van der Waals surface area contributed by atoms with Gasteiger partial charge in [0.15, 0.2) is 0 Å².